The Morgan fingerprint density at radius 2 is 1.59 bits per heavy atom. The highest BCUT2D eigenvalue weighted by Gasteiger charge is 2.33. The van der Waals surface area contributed by atoms with Crippen LogP contribution in [-0.4, -0.2) is 42.6 Å². The van der Waals surface area contributed by atoms with Crippen molar-refractivity contribution in [1.82, 2.24) is 20.1 Å². The summed E-state index contributed by atoms with van der Waals surface area (Å²) in [5.41, 5.74) is 8.23. The number of nitrogens with zero attached hydrogens (tertiary/aromatic N) is 2. The second kappa shape index (κ2) is 9.52. The molecule has 2 N–H and O–H groups in total. The van der Waals surface area contributed by atoms with E-state index in [1.165, 1.54) is 4.31 Å². The topological polar surface area (TPSA) is 108 Å². The number of sulfonamides is 1. The average Bonchev–Trinajstić information content (AvgIpc) is 2.81. The minimum atomic E-state index is -3.65. The monoisotopic (exact) mass is 480 g/mol. The van der Waals surface area contributed by atoms with Crippen LogP contribution in [0.15, 0.2) is 53.4 Å². The van der Waals surface area contributed by atoms with Gasteiger partial charge >= 0.3 is 0 Å². The van der Waals surface area contributed by atoms with Crippen LogP contribution in [0.4, 0.5) is 0 Å². The van der Waals surface area contributed by atoms with Gasteiger partial charge in [0.1, 0.15) is 5.69 Å². The minimum absolute atomic E-state index is 0.198. The van der Waals surface area contributed by atoms with Crippen LogP contribution in [0.2, 0.25) is 0 Å². The quantitative estimate of drug-likeness (QED) is 0.558. The molecule has 0 unspecified atom stereocenters. The first-order valence-corrected chi connectivity index (χ1v) is 12.6. The highest BCUT2D eigenvalue weighted by atomic mass is 32.2. The molecule has 2 heterocycles. The van der Waals surface area contributed by atoms with Gasteiger partial charge in [0.15, 0.2) is 0 Å². The van der Waals surface area contributed by atoms with Gasteiger partial charge in [0.25, 0.3) is 5.91 Å². The SMILES string of the molecule is Cc1cc(C)c(S(=O)(=O)N2CCC(C(=O)NNC(=O)c3ccc4ccccc4n3)CC2)c(C)c1. The van der Waals surface area contributed by atoms with E-state index < -0.39 is 21.8 Å². The largest absolute Gasteiger partial charge is 0.288 e. The summed E-state index contributed by atoms with van der Waals surface area (Å²) in [6.07, 6.45) is 0.748. The molecule has 178 valence electrons. The molecule has 0 atom stereocenters. The average molecular weight is 481 g/mol. The summed E-state index contributed by atoms with van der Waals surface area (Å²) in [4.78, 5) is 29.7. The van der Waals surface area contributed by atoms with Gasteiger partial charge < -0.3 is 0 Å². The molecular formula is C25H28N4O4S. The zero-order valence-electron chi connectivity index (χ0n) is 19.5. The van der Waals surface area contributed by atoms with Crippen LogP contribution in [0, 0.1) is 26.7 Å². The van der Waals surface area contributed by atoms with Crippen molar-refractivity contribution in [3.63, 3.8) is 0 Å². The Morgan fingerprint density at radius 1 is 0.941 bits per heavy atom. The molecule has 1 aliphatic heterocycles. The van der Waals surface area contributed by atoms with Crippen LogP contribution in [-0.2, 0) is 14.8 Å². The van der Waals surface area contributed by atoms with E-state index in [4.69, 9.17) is 0 Å². The molecule has 0 aliphatic carbocycles. The number of piperidine rings is 1. The number of hydrazine groups is 1. The van der Waals surface area contributed by atoms with Gasteiger partial charge in [0.05, 0.1) is 10.4 Å². The van der Waals surface area contributed by atoms with Crippen molar-refractivity contribution in [3.05, 3.63) is 70.9 Å². The van der Waals surface area contributed by atoms with Gasteiger partial charge in [-0.1, -0.05) is 42.0 Å². The number of carbonyl (C=O) groups is 2. The Balaban J connectivity index is 1.35. The standard InChI is InChI=1S/C25H28N4O4S/c1-16-14-17(2)23(18(3)15-16)34(32,33)29-12-10-20(11-13-29)24(30)27-28-25(31)22-9-8-19-6-4-5-7-21(19)26-22/h4-9,14-15,20H,10-13H2,1-3H3,(H,27,30)(H,28,31). The summed E-state index contributed by atoms with van der Waals surface area (Å²) in [7, 11) is -3.65. The molecule has 0 saturated carbocycles. The first kappa shape index (κ1) is 23.8. The first-order chi connectivity index (χ1) is 16.2. The predicted molar refractivity (Wildman–Crippen MR) is 129 cm³/mol. The van der Waals surface area contributed by atoms with E-state index >= 15 is 0 Å². The molecule has 1 aromatic heterocycles. The highest BCUT2D eigenvalue weighted by molar-refractivity contribution is 7.89. The van der Waals surface area contributed by atoms with E-state index in [0.29, 0.717) is 23.3 Å². The fraction of sp³-hybridized carbons (Fsp3) is 0.320. The normalized spacial score (nSPS) is 15.3. The Bertz CT molecular complexity index is 1340. The van der Waals surface area contributed by atoms with Gasteiger partial charge in [-0.2, -0.15) is 4.31 Å². The number of nitrogens with one attached hydrogen (secondary N) is 2. The van der Waals surface area contributed by atoms with E-state index in [0.717, 1.165) is 22.1 Å². The Kier molecular flexibility index (Phi) is 6.67. The van der Waals surface area contributed by atoms with E-state index in [9.17, 15) is 18.0 Å². The van der Waals surface area contributed by atoms with Crippen molar-refractivity contribution in [2.24, 2.45) is 5.92 Å². The third-order valence-corrected chi connectivity index (χ3v) is 8.36. The zero-order valence-corrected chi connectivity index (χ0v) is 20.3. The number of hydrogen-bond acceptors (Lipinski definition) is 5. The number of pyridine rings is 1. The minimum Gasteiger partial charge on any atom is -0.273 e. The zero-order chi connectivity index (χ0) is 24.5. The summed E-state index contributed by atoms with van der Waals surface area (Å²) in [6, 6.07) is 14.6. The van der Waals surface area contributed by atoms with Crippen LogP contribution < -0.4 is 10.9 Å². The second-order valence-corrected chi connectivity index (χ2v) is 10.6. The molecule has 1 aliphatic rings. The Hall–Kier alpha value is -3.30. The van der Waals surface area contributed by atoms with Crippen LogP contribution in [0.1, 0.15) is 40.0 Å². The number of aromatic nitrogens is 1. The lowest BCUT2D eigenvalue weighted by atomic mass is 9.98. The van der Waals surface area contributed by atoms with Crippen molar-refractivity contribution >= 4 is 32.7 Å². The predicted octanol–water partition coefficient (Wildman–Crippen LogP) is 3.02. The maximum Gasteiger partial charge on any atom is 0.288 e. The molecule has 2 amide bonds. The van der Waals surface area contributed by atoms with Gasteiger partial charge in [0.2, 0.25) is 15.9 Å². The molecule has 8 nitrogen and oxygen atoms in total. The number of benzene rings is 2. The molecule has 2 aromatic carbocycles. The fourth-order valence-corrected chi connectivity index (χ4v) is 6.42. The Morgan fingerprint density at radius 3 is 2.26 bits per heavy atom. The third-order valence-electron chi connectivity index (χ3n) is 6.16. The third kappa shape index (κ3) is 4.80. The van der Waals surface area contributed by atoms with Crippen LogP contribution >= 0.6 is 0 Å². The number of carbonyl (C=O) groups excluding carboxylic acids is 2. The summed E-state index contributed by atoms with van der Waals surface area (Å²) < 4.78 is 27.9. The Labute approximate surface area is 199 Å². The lowest BCUT2D eigenvalue weighted by Gasteiger charge is -2.31. The molecule has 4 rings (SSSR count). The molecule has 1 fully saturated rings. The smallest absolute Gasteiger partial charge is 0.273 e. The fourth-order valence-electron chi connectivity index (χ4n) is 4.54. The summed E-state index contributed by atoms with van der Waals surface area (Å²) in [5, 5.41) is 0.917. The van der Waals surface area contributed by atoms with Crippen molar-refractivity contribution in [1.29, 1.82) is 0 Å². The number of amides is 2. The number of fused-ring (bicyclic) bond motifs is 1. The van der Waals surface area contributed by atoms with E-state index in [1.54, 1.807) is 26.0 Å². The lowest BCUT2D eigenvalue weighted by Crippen LogP contribution is -2.48. The summed E-state index contributed by atoms with van der Waals surface area (Å²) >= 11 is 0. The van der Waals surface area contributed by atoms with E-state index in [1.807, 2.05) is 43.3 Å². The second-order valence-electron chi connectivity index (χ2n) is 8.74. The summed E-state index contributed by atoms with van der Waals surface area (Å²) in [5.74, 6) is -1.24. The number of hydrogen-bond donors (Lipinski definition) is 2. The van der Waals surface area contributed by atoms with Gasteiger partial charge in [-0.25, -0.2) is 13.4 Å². The van der Waals surface area contributed by atoms with E-state index in [2.05, 4.69) is 15.8 Å². The molecular weight excluding hydrogens is 452 g/mol. The lowest BCUT2D eigenvalue weighted by molar-refractivity contribution is -0.126. The van der Waals surface area contributed by atoms with E-state index in [-0.39, 0.29) is 24.7 Å². The van der Waals surface area contributed by atoms with Crippen molar-refractivity contribution < 1.29 is 18.0 Å². The number of rotatable bonds is 4. The van der Waals surface area contributed by atoms with Gasteiger partial charge in [-0.15, -0.1) is 0 Å². The number of aryl methyl sites for hydroxylation is 3. The highest BCUT2D eigenvalue weighted by Crippen LogP contribution is 2.28. The first-order valence-electron chi connectivity index (χ1n) is 11.2. The molecule has 3 aromatic rings. The van der Waals surface area contributed by atoms with Crippen molar-refractivity contribution in [2.75, 3.05) is 13.1 Å². The molecule has 9 heteroatoms. The van der Waals surface area contributed by atoms with Gasteiger partial charge in [-0.3, -0.25) is 20.4 Å². The van der Waals surface area contributed by atoms with Crippen LogP contribution in [0.5, 0.6) is 0 Å². The molecule has 34 heavy (non-hydrogen) atoms. The van der Waals surface area contributed by atoms with Crippen molar-refractivity contribution in [2.45, 2.75) is 38.5 Å². The summed E-state index contributed by atoms with van der Waals surface area (Å²) in [6.45, 7) is 6.04. The van der Waals surface area contributed by atoms with Gasteiger partial charge in [-0.05, 0) is 56.9 Å². The van der Waals surface area contributed by atoms with Crippen LogP contribution in [0.25, 0.3) is 10.9 Å². The maximum atomic E-state index is 13.2. The molecule has 0 bridgehead atoms. The molecule has 1 saturated heterocycles. The molecule has 0 radical (unpaired) electrons. The molecule has 0 spiro atoms. The maximum absolute atomic E-state index is 13.2. The number of para-hydroxylation sites is 1. The van der Waals surface area contributed by atoms with Gasteiger partial charge in [0, 0.05) is 24.4 Å². The van der Waals surface area contributed by atoms with Crippen LogP contribution in [0.3, 0.4) is 0 Å². The van der Waals surface area contributed by atoms with Crippen molar-refractivity contribution in [3.8, 4) is 0 Å².